The van der Waals surface area contributed by atoms with Gasteiger partial charge in [-0.05, 0) is 18.4 Å². The maximum absolute atomic E-state index is 9.83. The van der Waals surface area contributed by atoms with Gasteiger partial charge >= 0.3 is 0 Å². The standard InChI is InChI=1S/C20H19N5/c1-24(2)12-15-9-6-10-25-19(15)16(11-21)18-20(25)17(22-13-23-18)14-7-4-3-5-8-14/h3-5,7-8,12-13H,6,9-10H2,1-2H3. The van der Waals surface area contributed by atoms with Crippen LogP contribution in [0, 0.1) is 11.3 Å². The van der Waals surface area contributed by atoms with Crippen molar-refractivity contribution in [3.63, 3.8) is 0 Å². The minimum Gasteiger partial charge on any atom is -0.383 e. The van der Waals surface area contributed by atoms with Crippen molar-refractivity contribution in [2.45, 2.75) is 19.4 Å². The average Bonchev–Trinajstić information content (AvgIpc) is 2.97. The molecule has 1 aromatic carbocycles. The number of hydrogen-bond donors (Lipinski definition) is 0. The number of nitriles is 1. The van der Waals surface area contributed by atoms with Crippen molar-refractivity contribution in [2.24, 2.45) is 0 Å². The van der Waals surface area contributed by atoms with Gasteiger partial charge in [-0.1, -0.05) is 30.3 Å². The van der Waals surface area contributed by atoms with Crippen LogP contribution in [-0.4, -0.2) is 33.5 Å². The Labute approximate surface area is 146 Å². The molecule has 5 heteroatoms. The van der Waals surface area contributed by atoms with Gasteiger partial charge in [0.1, 0.15) is 23.5 Å². The third-order valence-electron chi connectivity index (χ3n) is 4.54. The van der Waals surface area contributed by atoms with E-state index in [0.29, 0.717) is 5.56 Å². The maximum atomic E-state index is 9.83. The summed E-state index contributed by atoms with van der Waals surface area (Å²) >= 11 is 0. The molecule has 4 rings (SSSR count). The van der Waals surface area contributed by atoms with Crippen molar-refractivity contribution in [1.82, 2.24) is 19.4 Å². The first-order chi connectivity index (χ1) is 12.2. The fourth-order valence-corrected chi connectivity index (χ4v) is 3.63. The van der Waals surface area contributed by atoms with Crippen molar-refractivity contribution in [3.05, 3.63) is 54.1 Å². The molecule has 0 bridgehead atoms. The van der Waals surface area contributed by atoms with E-state index in [4.69, 9.17) is 0 Å². The number of fused-ring (bicyclic) bond motifs is 3. The zero-order valence-corrected chi connectivity index (χ0v) is 14.4. The van der Waals surface area contributed by atoms with Gasteiger partial charge in [0.25, 0.3) is 0 Å². The molecule has 0 saturated heterocycles. The summed E-state index contributed by atoms with van der Waals surface area (Å²) in [6.45, 7) is 0.880. The highest BCUT2D eigenvalue weighted by atomic mass is 15.1. The van der Waals surface area contributed by atoms with E-state index < -0.39 is 0 Å². The van der Waals surface area contributed by atoms with Gasteiger partial charge in [0.15, 0.2) is 0 Å². The zero-order chi connectivity index (χ0) is 17.4. The minimum absolute atomic E-state index is 0.655. The average molecular weight is 329 g/mol. The van der Waals surface area contributed by atoms with Crippen molar-refractivity contribution >= 4 is 16.6 Å². The Morgan fingerprint density at radius 3 is 2.72 bits per heavy atom. The first-order valence-electron chi connectivity index (χ1n) is 8.41. The molecule has 1 aliphatic heterocycles. The highest BCUT2D eigenvalue weighted by molar-refractivity contribution is 5.97. The summed E-state index contributed by atoms with van der Waals surface area (Å²) in [5.74, 6) is 0. The molecule has 0 atom stereocenters. The van der Waals surface area contributed by atoms with E-state index in [1.807, 2.05) is 49.3 Å². The summed E-state index contributed by atoms with van der Waals surface area (Å²) < 4.78 is 2.23. The number of allylic oxidation sites excluding steroid dienone is 1. The number of nitrogens with zero attached hydrogens (tertiary/aromatic N) is 5. The molecule has 0 fully saturated rings. The molecular weight excluding hydrogens is 310 g/mol. The fraction of sp³-hybridized carbons (Fsp3) is 0.250. The van der Waals surface area contributed by atoms with Gasteiger partial charge in [-0.15, -0.1) is 0 Å². The summed E-state index contributed by atoms with van der Waals surface area (Å²) in [6.07, 6.45) is 5.69. The Bertz CT molecular complexity index is 1010. The molecule has 0 radical (unpaired) electrons. The molecule has 1 aliphatic rings. The smallest absolute Gasteiger partial charge is 0.116 e. The molecule has 0 unspecified atom stereocenters. The number of benzene rings is 1. The van der Waals surface area contributed by atoms with E-state index in [1.165, 1.54) is 5.57 Å². The fourth-order valence-electron chi connectivity index (χ4n) is 3.63. The van der Waals surface area contributed by atoms with Crippen LogP contribution in [0.25, 0.3) is 27.9 Å². The van der Waals surface area contributed by atoms with Crippen LogP contribution < -0.4 is 0 Å². The molecule has 5 nitrogen and oxygen atoms in total. The Kier molecular flexibility index (Phi) is 3.73. The zero-order valence-electron chi connectivity index (χ0n) is 14.4. The molecule has 0 N–H and O–H groups in total. The van der Waals surface area contributed by atoms with E-state index in [1.54, 1.807) is 6.33 Å². The summed E-state index contributed by atoms with van der Waals surface area (Å²) in [7, 11) is 4.02. The number of aryl methyl sites for hydroxylation is 1. The lowest BCUT2D eigenvalue weighted by atomic mass is 10.0. The van der Waals surface area contributed by atoms with Gasteiger partial charge in [-0.25, -0.2) is 9.97 Å². The van der Waals surface area contributed by atoms with Crippen LogP contribution in [0.2, 0.25) is 0 Å². The van der Waals surface area contributed by atoms with Gasteiger partial charge in [0.2, 0.25) is 0 Å². The summed E-state index contributed by atoms with van der Waals surface area (Å²) in [5.41, 5.74) is 6.48. The van der Waals surface area contributed by atoms with Crippen molar-refractivity contribution in [3.8, 4) is 17.3 Å². The van der Waals surface area contributed by atoms with E-state index in [9.17, 15) is 5.26 Å². The monoisotopic (exact) mass is 329 g/mol. The lowest BCUT2D eigenvalue weighted by Crippen LogP contribution is -2.13. The summed E-state index contributed by atoms with van der Waals surface area (Å²) in [6, 6.07) is 12.5. The second-order valence-corrected chi connectivity index (χ2v) is 6.49. The van der Waals surface area contributed by atoms with Crippen LogP contribution in [-0.2, 0) is 6.54 Å². The van der Waals surface area contributed by atoms with Crippen molar-refractivity contribution in [2.75, 3.05) is 14.1 Å². The Hall–Kier alpha value is -3.13. The van der Waals surface area contributed by atoms with Gasteiger partial charge in [-0.3, -0.25) is 0 Å². The Morgan fingerprint density at radius 1 is 1.20 bits per heavy atom. The van der Waals surface area contributed by atoms with Crippen LogP contribution in [0.4, 0.5) is 0 Å². The first-order valence-corrected chi connectivity index (χ1v) is 8.41. The topological polar surface area (TPSA) is 57.7 Å². The first kappa shape index (κ1) is 15.4. The van der Waals surface area contributed by atoms with Crippen molar-refractivity contribution in [1.29, 1.82) is 5.26 Å². The molecule has 3 heterocycles. The van der Waals surface area contributed by atoms with E-state index in [2.05, 4.69) is 26.8 Å². The Balaban J connectivity index is 2.08. The van der Waals surface area contributed by atoms with E-state index >= 15 is 0 Å². The SMILES string of the molecule is CN(C)C=C1CCCn2c1c(C#N)c1ncnc(-c3ccccc3)c12. The molecule has 0 aliphatic carbocycles. The van der Waals surface area contributed by atoms with Crippen LogP contribution in [0.1, 0.15) is 24.1 Å². The van der Waals surface area contributed by atoms with E-state index in [0.717, 1.165) is 47.4 Å². The van der Waals surface area contributed by atoms with Gasteiger partial charge in [0.05, 0.1) is 16.9 Å². The highest BCUT2D eigenvalue weighted by Gasteiger charge is 2.26. The van der Waals surface area contributed by atoms with Crippen LogP contribution in [0.15, 0.2) is 42.9 Å². The predicted octanol–water partition coefficient (Wildman–Crippen LogP) is 3.67. The lowest BCUT2D eigenvalue weighted by molar-refractivity contribution is 0.555. The van der Waals surface area contributed by atoms with Crippen LogP contribution in [0.5, 0.6) is 0 Å². The van der Waals surface area contributed by atoms with Crippen LogP contribution >= 0.6 is 0 Å². The lowest BCUT2D eigenvalue weighted by Gasteiger charge is -2.21. The van der Waals surface area contributed by atoms with Gasteiger partial charge in [0, 0.05) is 32.4 Å². The third kappa shape index (κ3) is 2.47. The molecule has 124 valence electrons. The maximum Gasteiger partial charge on any atom is 0.116 e. The minimum atomic E-state index is 0.655. The molecule has 25 heavy (non-hydrogen) atoms. The third-order valence-corrected chi connectivity index (χ3v) is 4.54. The Morgan fingerprint density at radius 2 is 2.00 bits per heavy atom. The summed E-state index contributed by atoms with van der Waals surface area (Å²) in [4.78, 5) is 11.0. The number of aromatic nitrogens is 3. The highest BCUT2D eigenvalue weighted by Crippen LogP contribution is 2.38. The number of rotatable bonds is 2. The van der Waals surface area contributed by atoms with Crippen LogP contribution in [0.3, 0.4) is 0 Å². The molecule has 3 aromatic rings. The molecule has 0 spiro atoms. The second-order valence-electron chi connectivity index (χ2n) is 6.49. The van der Waals surface area contributed by atoms with Gasteiger partial charge in [-0.2, -0.15) is 5.26 Å². The predicted molar refractivity (Wildman–Crippen MR) is 98.6 cm³/mol. The largest absolute Gasteiger partial charge is 0.383 e. The molecule has 2 aromatic heterocycles. The van der Waals surface area contributed by atoms with Gasteiger partial charge < -0.3 is 9.47 Å². The second kappa shape index (κ2) is 6.06. The quantitative estimate of drug-likeness (QED) is 0.720. The van der Waals surface area contributed by atoms with Crippen molar-refractivity contribution < 1.29 is 0 Å². The molecule has 0 amide bonds. The van der Waals surface area contributed by atoms with E-state index in [-0.39, 0.29) is 0 Å². The molecule has 0 saturated carbocycles. The normalized spacial score (nSPS) is 15.2. The number of hydrogen-bond acceptors (Lipinski definition) is 4. The molecular formula is C20H19N5. The summed E-state index contributed by atoms with van der Waals surface area (Å²) in [5, 5.41) is 9.83.